The number of hydrogen-bond donors (Lipinski definition) is 1. The minimum atomic E-state index is 0.639. The van der Waals surface area contributed by atoms with Gasteiger partial charge in [0.1, 0.15) is 13.1 Å². The SMILES string of the molecule is CCOc1cc(C[NH2+]Cc2ccncc2)ccc1OC. The van der Waals surface area contributed by atoms with Crippen LogP contribution in [0, 0.1) is 0 Å². The van der Waals surface area contributed by atoms with Gasteiger partial charge in [0.25, 0.3) is 0 Å². The first-order valence-electron chi connectivity index (χ1n) is 6.83. The molecule has 4 heteroatoms. The van der Waals surface area contributed by atoms with Crippen LogP contribution < -0.4 is 14.8 Å². The largest absolute Gasteiger partial charge is 0.493 e. The lowest BCUT2D eigenvalue weighted by Crippen LogP contribution is -2.80. The van der Waals surface area contributed by atoms with Crippen LogP contribution in [0.2, 0.25) is 0 Å². The second-order valence-electron chi connectivity index (χ2n) is 4.47. The summed E-state index contributed by atoms with van der Waals surface area (Å²) in [7, 11) is 1.66. The summed E-state index contributed by atoms with van der Waals surface area (Å²) in [6.45, 7) is 4.47. The van der Waals surface area contributed by atoms with Gasteiger partial charge in [-0.05, 0) is 37.3 Å². The number of nitrogens with two attached hydrogens (primary N) is 1. The summed E-state index contributed by atoms with van der Waals surface area (Å²) in [6.07, 6.45) is 3.65. The van der Waals surface area contributed by atoms with E-state index in [1.54, 1.807) is 7.11 Å². The van der Waals surface area contributed by atoms with Gasteiger partial charge in [-0.15, -0.1) is 0 Å². The number of benzene rings is 1. The number of pyridine rings is 1. The minimum absolute atomic E-state index is 0.639. The molecule has 1 aromatic heterocycles. The normalized spacial score (nSPS) is 10.3. The van der Waals surface area contributed by atoms with Gasteiger partial charge in [0.2, 0.25) is 0 Å². The molecule has 0 spiro atoms. The first kappa shape index (κ1) is 14.3. The standard InChI is InChI=1S/C16H20N2O2/c1-3-20-16-10-14(4-5-15(16)19-2)12-18-11-13-6-8-17-9-7-13/h4-10,18H,3,11-12H2,1-2H3/p+1. The lowest BCUT2D eigenvalue weighted by molar-refractivity contribution is -0.686. The Morgan fingerprint density at radius 3 is 2.45 bits per heavy atom. The second kappa shape index (κ2) is 7.50. The summed E-state index contributed by atoms with van der Waals surface area (Å²) >= 11 is 0. The Kier molecular flexibility index (Phi) is 5.38. The highest BCUT2D eigenvalue weighted by Crippen LogP contribution is 2.27. The summed E-state index contributed by atoms with van der Waals surface area (Å²) in [5.41, 5.74) is 2.50. The third kappa shape index (κ3) is 3.96. The number of hydrogen-bond acceptors (Lipinski definition) is 3. The Bertz CT molecular complexity index is 529. The molecule has 0 aliphatic carbocycles. The molecule has 0 unspecified atom stereocenters. The molecule has 0 radical (unpaired) electrons. The summed E-state index contributed by atoms with van der Waals surface area (Å²) in [4.78, 5) is 4.02. The summed E-state index contributed by atoms with van der Waals surface area (Å²) in [6, 6.07) is 10.2. The van der Waals surface area contributed by atoms with Crippen molar-refractivity contribution in [2.24, 2.45) is 0 Å². The molecule has 0 aliphatic heterocycles. The van der Waals surface area contributed by atoms with Crippen LogP contribution >= 0.6 is 0 Å². The molecule has 1 heterocycles. The van der Waals surface area contributed by atoms with Crippen LogP contribution in [0.4, 0.5) is 0 Å². The van der Waals surface area contributed by atoms with Gasteiger partial charge >= 0.3 is 0 Å². The van der Waals surface area contributed by atoms with Crippen molar-refractivity contribution in [2.45, 2.75) is 20.0 Å². The highest BCUT2D eigenvalue weighted by atomic mass is 16.5. The van der Waals surface area contributed by atoms with E-state index in [1.165, 1.54) is 11.1 Å². The van der Waals surface area contributed by atoms with Gasteiger partial charge in [0.05, 0.1) is 13.7 Å². The van der Waals surface area contributed by atoms with Crippen molar-refractivity contribution in [3.8, 4) is 11.5 Å². The number of rotatable bonds is 7. The highest BCUT2D eigenvalue weighted by molar-refractivity contribution is 5.42. The fraction of sp³-hybridized carbons (Fsp3) is 0.312. The summed E-state index contributed by atoms with van der Waals surface area (Å²) in [5.74, 6) is 1.59. The molecule has 0 aliphatic rings. The van der Waals surface area contributed by atoms with Crippen LogP contribution in [-0.2, 0) is 13.1 Å². The van der Waals surface area contributed by atoms with Crippen molar-refractivity contribution in [3.05, 3.63) is 53.9 Å². The quantitative estimate of drug-likeness (QED) is 0.836. The highest BCUT2D eigenvalue weighted by Gasteiger charge is 2.06. The maximum atomic E-state index is 5.59. The van der Waals surface area contributed by atoms with E-state index in [-0.39, 0.29) is 0 Å². The van der Waals surface area contributed by atoms with Gasteiger partial charge in [-0.1, -0.05) is 0 Å². The Morgan fingerprint density at radius 1 is 1.00 bits per heavy atom. The van der Waals surface area contributed by atoms with Crippen molar-refractivity contribution < 1.29 is 14.8 Å². The zero-order valence-corrected chi connectivity index (χ0v) is 12.0. The van der Waals surface area contributed by atoms with E-state index in [2.05, 4.69) is 16.4 Å². The van der Waals surface area contributed by atoms with Crippen LogP contribution in [0.5, 0.6) is 11.5 Å². The lowest BCUT2D eigenvalue weighted by atomic mass is 10.2. The van der Waals surface area contributed by atoms with Crippen molar-refractivity contribution in [3.63, 3.8) is 0 Å². The molecule has 4 nitrogen and oxygen atoms in total. The van der Waals surface area contributed by atoms with Crippen molar-refractivity contribution in [2.75, 3.05) is 13.7 Å². The fourth-order valence-corrected chi connectivity index (χ4v) is 2.04. The molecule has 20 heavy (non-hydrogen) atoms. The van der Waals surface area contributed by atoms with Crippen molar-refractivity contribution >= 4 is 0 Å². The van der Waals surface area contributed by atoms with Crippen LogP contribution in [0.1, 0.15) is 18.1 Å². The van der Waals surface area contributed by atoms with E-state index >= 15 is 0 Å². The van der Waals surface area contributed by atoms with E-state index in [9.17, 15) is 0 Å². The lowest BCUT2D eigenvalue weighted by Gasteiger charge is -2.10. The van der Waals surface area contributed by atoms with Crippen molar-refractivity contribution in [1.82, 2.24) is 4.98 Å². The topological polar surface area (TPSA) is 48.0 Å². The average Bonchev–Trinajstić information content (AvgIpc) is 2.49. The Hall–Kier alpha value is -2.07. The van der Waals surface area contributed by atoms with Crippen LogP contribution in [0.3, 0.4) is 0 Å². The second-order valence-corrected chi connectivity index (χ2v) is 4.47. The molecular weight excluding hydrogens is 252 g/mol. The Balaban J connectivity index is 1.94. The smallest absolute Gasteiger partial charge is 0.161 e. The zero-order valence-electron chi connectivity index (χ0n) is 12.0. The molecule has 1 aromatic carbocycles. The number of ether oxygens (including phenoxy) is 2. The van der Waals surface area contributed by atoms with Gasteiger partial charge in [-0.3, -0.25) is 4.98 Å². The predicted molar refractivity (Wildman–Crippen MR) is 77.7 cm³/mol. The first-order chi connectivity index (χ1) is 9.83. The average molecular weight is 273 g/mol. The first-order valence-corrected chi connectivity index (χ1v) is 6.83. The van der Waals surface area contributed by atoms with E-state index in [1.807, 2.05) is 43.6 Å². The number of quaternary nitrogens is 1. The molecule has 2 aromatic rings. The van der Waals surface area contributed by atoms with Gasteiger partial charge in [-0.2, -0.15) is 0 Å². The number of methoxy groups -OCH3 is 1. The maximum absolute atomic E-state index is 5.59. The van der Waals surface area contributed by atoms with Gasteiger partial charge < -0.3 is 14.8 Å². The molecule has 0 amide bonds. The number of aromatic nitrogens is 1. The van der Waals surface area contributed by atoms with Crippen LogP contribution in [0.25, 0.3) is 0 Å². The third-order valence-corrected chi connectivity index (χ3v) is 3.04. The third-order valence-electron chi connectivity index (χ3n) is 3.04. The van der Waals surface area contributed by atoms with Crippen LogP contribution in [0.15, 0.2) is 42.7 Å². The fourth-order valence-electron chi connectivity index (χ4n) is 2.04. The maximum Gasteiger partial charge on any atom is 0.161 e. The summed E-state index contributed by atoms with van der Waals surface area (Å²) in [5, 5.41) is 2.26. The molecule has 2 N–H and O–H groups in total. The molecule has 0 bridgehead atoms. The number of nitrogens with zero attached hydrogens (tertiary/aromatic N) is 1. The van der Waals surface area contributed by atoms with E-state index < -0.39 is 0 Å². The molecule has 2 rings (SSSR count). The zero-order chi connectivity index (χ0) is 14.2. The van der Waals surface area contributed by atoms with E-state index in [4.69, 9.17) is 9.47 Å². The Morgan fingerprint density at radius 2 is 1.75 bits per heavy atom. The minimum Gasteiger partial charge on any atom is -0.493 e. The molecule has 0 atom stereocenters. The molecule has 0 saturated heterocycles. The van der Waals surface area contributed by atoms with E-state index in [0.717, 1.165) is 24.6 Å². The molecule has 106 valence electrons. The molecule has 0 fully saturated rings. The van der Waals surface area contributed by atoms with Gasteiger partial charge in [0.15, 0.2) is 11.5 Å². The predicted octanol–water partition coefficient (Wildman–Crippen LogP) is 1.75. The molecule has 0 saturated carbocycles. The van der Waals surface area contributed by atoms with Gasteiger partial charge in [-0.25, -0.2) is 0 Å². The van der Waals surface area contributed by atoms with Crippen molar-refractivity contribution in [1.29, 1.82) is 0 Å². The van der Waals surface area contributed by atoms with E-state index in [0.29, 0.717) is 6.61 Å². The van der Waals surface area contributed by atoms with Crippen LogP contribution in [-0.4, -0.2) is 18.7 Å². The van der Waals surface area contributed by atoms with Gasteiger partial charge in [0, 0.05) is 23.5 Å². The molecular formula is C16H21N2O2+. The summed E-state index contributed by atoms with van der Waals surface area (Å²) < 4.78 is 10.9. The monoisotopic (exact) mass is 273 g/mol. The Labute approximate surface area is 119 Å².